The fourth-order valence-electron chi connectivity index (χ4n) is 1.48. The molecular formula is C12H17ClN2O2. The van der Waals surface area contributed by atoms with Crippen LogP contribution in [0, 0.1) is 0 Å². The molecule has 0 aromatic heterocycles. The normalized spacial score (nSPS) is 13.5. The van der Waals surface area contributed by atoms with Gasteiger partial charge in [-0.25, -0.2) is 0 Å². The second kappa shape index (κ2) is 6.35. The molecule has 0 aliphatic heterocycles. The van der Waals surface area contributed by atoms with Gasteiger partial charge in [-0.05, 0) is 36.6 Å². The summed E-state index contributed by atoms with van der Waals surface area (Å²) in [6.45, 7) is 3.92. The van der Waals surface area contributed by atoms with Gasteiger partial charge in [-0.15, -0.1) is 0 Å². The topological polar surface area (TPSA) is 67.8 Å². The number of oxime groups is 1. The second-order valence-electron chi connectivity index (χ2n) is 3.65. The summed E-state index contributed by atoms with van der Waals surface area (Å²) < 4.78 is 5.64. The molecule has 4 nitrogen and oxygen atoms in total. The third-order valence-electron chi connectivity index (χ3n) is 2.49. The molecule has 0 bridgehead atoms. The van der Waals surface area contributed by atoms with Gasteiger partial charge in [0.1, 0.15) is 5.75 Å². The minimum absolute atomic E-state index is 0.0699. The van der Waals surface area contributed by atoms with Crippen molar-refractivity contribution in [1.82, 2.24) is 0 Å². The number of amidine groups is 1. The first-order valence-corrected chi connectivity index (χ1v) is 5.92. The van der Waals surface area contributed by atoms with Gasteiger partial charge in [-0.2, -0.15) is 0 Å². The van der Waals surface area contributed by atoms with E-state index in [-0.39, 0.29) is 5.84 Å². The van der Waals surface area contributed by atoms with Crippen molar-refractivity contribution in [3.8, 4) is 5.75 Å². The molecule has 1 atom stereocenters. The van der Waals surface area contributed by atoms with Crippen molar-refractivity contribution in [3.63, 3.8) is 0 Å². The van der Waals surface area contributed by atoms with Crippen LogP contribution in [0.5, 0.6) is 5.75 Å². The largest absolute Gasteiger partial charge is 0.482 e. The lowest BCUT2D eigenvalue weighted by molar-refractivity contribution is 0.246. The third kappa shape index (κ3) is 3.53. The number of hydrogen-bond acceptors (Lipinski definition) is 3. The van der Waals surface area contributed by atoms with Crippen LogP contribution in [0.4, 0.5) is 0 Å². The number of ether oxygens (including phenoxy) is 1. The molecule has 0 amide bonds. The molecule has 1 aromatic carbocycles. The minimum Gasteiger partial charge on any atom is -0.482 e. The van der Waals surface area contributed by atoms with Crippen molar-refractivity contribution >= 4 is 17.4 Å². The minimum atomic E-state index is -0.425. The van der Waals surface area contributed by atoms with Gasteiger partial charge in [0.25, 0.3) is 0 Å². The van der Waals surface area contributed by atoms with E-state index in [1.165, 1.54) is 0 Å². The van der Waals surface area contributed by atoms with Crippen molar-refractivity contribution in [3.05, 3.63) is 28.8 Å². The number of nitrogens with zero attached hydrogens (tertiary/aromatic N) is 1. The molecule has 0 saturated heterocycles. The summed E-state index contributed by atoms with van der Waals surface area (Å²) >= 11 is 6.01. The second-order valence-corrected chi connectivity index (χ2v) is 4.05. The lowest BCUT2D eigenvalue weighted by Gasteiger charge is -2.16. The Morgan fingerprint density at radius 1 is 1.53 bits per heavy atom. The molecule has 0 heterocycles. The van der Waals surface area contributed by atoms with Gasteiger partial charge in [0.05, 0.1) is 0 Å². The molecule has 0 radical (unpaired) electrons. The van der Waals surface area contributed by atoms with E-state index < -0.39 is 6.10 Å². The fourth-order valence-corrected chi connectivity index (χ4v) is 1.73. The SMILES string of the molecule is CCc1cc(OC(CC)C(N)=NO)ccc1Cl. The Hall–Kier alpha value is -1.42. The number of aryl methyl sites for hydroxylation is 1. The van der Waals surface area contributed by atoms with Crippen LogP contribution in [0.1, 0.15) is 25.8 Å². The number of halogens is 1. The van der Waals surface area contributed by atoms with Crippen molar-refractivity contribution in [2.75, 3.05) is 0 Å². The molecule has 0 saturated carbocycles. The molecular weight excluding hydrogens is 240 g/mol. The molecule has 17 heavy (non-hydrogen) atoms. The van der Waals surface area contributed by atoms with Crippen molar-refractivity contribution in [1.29, 1.82) is 0 Å². The first-order valence-electron chi connectivity index (χ1n) is 5.54. The van der Waals surface area contributed by atoms with E-state index >= 15 is 0 Å². The first kappa shape index (κ1) is 13.6. The van der Waals surface area contributed by atoms with Gasteiger partial charge in [0, 0.05) is 5.02 Å². The summed E-state index contributed by atoms with van der Waals surface area (Å²) in [6.07, 6.45) is 1.03. The Labute approximate surface area is 106 Å². The molecule has 1 unspecified atom stereocenters. The summed E-state index contributed by atoms with van der Waals surface area (Å²) in [5.74, 6) is 0.741. The summed E-state index contributed by atoms with van der Waals surface area (Å²) in [4.78, 5) is 0. The molecule has 94 valence electrons. The van der Waals surface area contributed by atoms with Crippen LogP contribution >= 0.6 is 11.6 Å². The maximum absolute atomic E-state index is 8.62. The molecule has 5 heteroatoms. The van der Waals surface area contributed by atoms with E-state index in [1.54, 1.807) is 12.1 Å². The highest BCUT2D eigenvalue weighted by Crippen LogP contribution is 2.23. The van der Waals surface area contributed by atoms with E-state index in [1.807, 2.05) is 19.9 Å². The number of benzene rings is 1. The summed E-state index contributed by atoms with van der Waals surface area (Å²) in [7, 11) is 0. The summed E-state index contributed by atoms with van der Waals surface area (Å²) in [6, 6.07) is 5.43. The Morgan fingerprint density at radius 2 is 2.24 bits per heavy atom. The Kier molecular flexibility index (Phi) is 5.10. The van der Waals surface area contributed by atoms with Crippen LogP contribution in [0.2, 0.25) is 5.02 Å². The Morgan fingerprint density at radius 3 is 2.76 bits per heavy atom. The van der Waals surface area contributed by atoms with E-state index in [0.717, 1.165) is 17.0 Å². The van der Waals surface area contributed by atoms with Gasteiger partial charge in [0.15, 0.2) is 11.9 Å². The Balaban J connectivity index is 2.87. The van der Waals surface area contributed by atoms with E-state index in [0.29, 0.717) is 12.2 Å². The standard InChI is InChI=1S/C12H17ClN2O2/c1-3-8-7-9(5-6-10(8)13)17-11(4-2)12(14)15-16/h5-7,11,16H,3-4H2,1-2H3,(H2,14,15). The highest BCUT2D eigenvalue weighted by Gasteiger charge is 2.14. The zero-order valence-corrected chi connectivity index (χ0v) is 10.7. The van der Waals surface area contributed by atoms with Crippen molar-refractivity contribution < 1.29 is 9.94 Å². The average molecular weight is 257 g/mol. The van der Waals surface area contributed by atoms with Crippen LogP contribution < -0.4 is 10.5 Å². The van der Waals surface area contributed by atoms with Gasteiger partial charge < -0.3 is 15.7 Å². The van der Waals surface area contributed by atoms with Crippen molar-refractivity contribution in [2.45, 2.75) is 32.8 Å². The van der Waals surface area contributed by atoms with E-state index in [4.69, 9.17) is 27.3 Å². The molecule has 0 aliphatic rings. The highest BCUT2D eigenvalue weighted by atomic mass is 35.5. The van der Waals surface area contributed by atoms with Crippen LogP contribution in [-0.4, -0.2) is 17.1 Å². The van der Waals surface area contributed by atoms with Gasteiger partial charge in [0.2, 0.25) is 0 Å². The fraction of sp³-hybridized carbons (Fsp3) is 0.417. The van der Waals surface area contributed by atoms with Crippen molar-refractivity contribution in [2.24, 2.45) is 10.9 Å². The molecule has 0 fully saturated rings. The Bertz CT molecular complexity index is 407. The quantitative estimate of drug-likeness (QED) is 0.368. The average Bonchev–Trinajstić information content (AvgIpc) is 2.36. The van der Waals surface area contributed by atoms with Gasteiger partial charge in [-0.1, -0.05) is 30.6 Å². The van der Waals surface area contributed by atoms with Crippen LogP contribution in [0.25, 0.3) is 0 Å². The smallest absolute Gasteiger partial charge is 0.180 e. The van der Waals surface area contributed by atoms with E-state index in [9.17, 15) is 0 Å². The lowest BCUT2D eigenvalue weighted by Crippen LogP contribution is -2.33. The number of rotatable bonds is 5. The predicted octanol–water partition coefficient (Wildman–Crippen LogP) is 2.81. The summed E-state index contributed by atoms with van der Waals surface area (Å²) in [5.41, 5.74) is 6.54. The van der Waals surface area contributed by atoms with Crippen LogP contribution in [-0.2, 0) is 6.42 Å². The zero-order chi connectivity index (χ0) is 12.8. The molecule has 3 N–H and O–H groups in total. The van der Waals surface area contributed by atoms with Crippen LogP contribution in [0.3, 0.4) is 0 Å². The monoisotopic (exact) mass is 256 g/mol. The van der Waals surface area contributed by atoms with E-state index in [2.05, 4.69) is 5.16 Å². The first-order chi connectivity index (χ1) is 8.12. The highest BCUT2D eigenvalue weighted by molar-refractivity contribution is 6.31. The molecule has 0 aliphatic carbocycles. The molecule has 0 spiro atoms. The van der Waals surface area contributed by atoms with Crippen LogP contribution in [0.15, 0.2) is 23.4 Å². The third-order valence-corrected chi connectivity index (χ3v) is 2.86. The molecule has 1 rings (SSSR count). The zero-order valence-electron chi connectivity index (χ0n) is 9.98. The molecule has 1 aromatic rings. The number of hydrogen-bond donors (Lipinski definition) is 2. The van der Waals surface area contributed by atoms with Gasteiger partial charge in [-0.3, -0.25) is 0 Å². The maximum Gasteiger partial charge on any atom is 0.180 e. The maximum atomic E-state index is 8.62. The predicted molar refractivity (Wildman–Crippen MR) is 68.9 cm³/mol. The summed E-state index contributed by atoms with van der Waals surface area (Å²) in [5, 5.41) is 12.3. The lowest BCUT2D eigenvalue weighted by atomic mass is 10.1. The number of nitrogens with two attached hydrogens (primary N) is 1. The van der Waals surface area contributed by atoms with Gasteiger partial charge >= 0.3 is 0 Å².